The van der Waals surface area contributed by atoms with Crippen molar-refractivity contribution < 1.29 is 74.2 Å². The molecule has 18 heteroatoms. The number of hydrogen-bond donors (Lipinski definition) is 0. The molecule has 0 rings (SSSR count). The van der Waals surface area contributed by atoms with E-state index in [1.54, 1.807) is 0 Å². The van der Waals surface area contributed by atoms with Crippen molar-refractivity contribution in [3.05, 3.63) is 0 Å². The summed E-state index contributed by atoms with van der Waals surface area (Å²) in [5.74, 6) is 0. The van der Waals surface area contributed by atoms with Crippen LogP contribution in [-0.4, -0.2) is 279 Å². The predicted molar refractivity (Wildman–Crippen MR) is 203 cm³/mol. The maximum Gasteiger partial charge on any atom is 0.0675 e. The lowest BCUT2D eigenvalue weighted by atomic mass is 10.8. The van der Waals surface area contributed by atoms with Crippen LogP contribution < -0.4 is 38.4 Å². The molecule has 0 radical (unpaired) electrons. The van der Waals surface area contributed by atoms with E-state index in [-0.39, 0.29) is 0 Å². The van der Waals surface area contributed by atoms with Crippen LogP contribution in [-0.2, 0) is 0 Å². The van der Waals surface area contributed by atoms with Crippen molar-refractivity contribution in [2.75, 3.05) is 226 Å². The van der Waals surface area contributed by atoms with Crippen LogP contribution in [0.1, 0.15) is 0 Å². The molecule has 0 aliphatic carbocycles. The number of rotatable bonds is 0. The largest absolute Gasteiger partial charge is 0.894 e. The van der Waals surface area contributed by atoms with Crippen molar-refractivity contribution in [2.45, 2.75) is 0 Å². The molecule has 0 saturated carbocycles. The molecule has 0 heterocycles. The highest BCUT2D eigenvalue weighted by Gasteiger charge is 1.91. The second-order valence-electron chi connectivity index (χ2n) is 22.5. The Hall–Kier alpha value is -0.206. The van der Waals surface area contributed by atoms with Gasteiger partial charge in [0.2, 0.25) is 0 Å². The van der Waals surface area contributed by atoms with Gasteiger partial charge in [-0.3, -0.25) is 0 Å². The van der Waals surface area contributed by atoms with Crippen molar-refractivity contribution in [3.8, 4) is 0 Å². The van der Waals surface area contributed by atoms with Gasteiger partial charge in [-0.15, -0.1) is 0 Å². The molecule has 0 aliphatic heterocycles. The van der Waals surface area contributed by atoms with Crippen LogP contribution in [0.3, 0.4) is 0 Å². The standard InChI is InChI=1S/8C4H12N.2O4Si/c10*1-5(2,3)4/h8*1-4H3;;/q8*+1;2*-4. The minimum absolute atomic E-state index is 1.00. The fourth-order valence-corrected chi connectivity index (χ4v) is 0. The van der Waals surface area contributed by atoms with Gasteiger partial charge in [-0.05, 0) is 0 Å². The fraction of sp³-hybridized carbons (Fsp3) is 1.00. The summed E-state index contributed by atoms with van der Waals surface area (Å²) in [6.45, 7) is 0. The topological polar surface area (TPSA) is 184 Å². The van der Waals surface area contributed by atoms with Crippen LogP contribution in [0.5, 0.6) is 0 Å². The molecular formula is C32H96N8O8Si2. The van der Waals surface area contributed by atoms with E-state index in [1.165, 1.54) is 0 Å². The van der Waals surface area contributed by atoms with Crippen molar-refractivity contribution in [1.82, 2.24) is 0 Å². The summed E-state index contributed by atoms with van der Waals surface area (Å²) < 4.78 is 8.00. The predicted octanol–water partition coefficient (Wildman–Crippen LogP) is -7.69. The molecule has 0 saturated heterocycles. The average molecular weight is 777 g/mol. The van der Waals surface area contributed by atoms with Gasteiger partial charge >= 0.3 is 0 Å². The summed E-state index contributed by atoms with van der Waals surface area (Å²) >= 11 is 0. The molecule has 0 spiro atoms. The lowest BCUT2D eigenvalue weighted by molar-refractivity contribution is -0.849. The summed E-state index contributed by atoms with van der Waals surface area (Å²) in [5.41, 5.74) is 0. The summed E-state index contributed by atoms with van der Waals surface area (Å²) in [6, 6.07) is 0. The van der Waals surface area contributed by atoms with E-state index in [1.807, 2.05) is 0 Å². The molecule has 0 aromatic heterocycles. The van der Waals surface area contributed by atoms with Gasteiger partial charge in [-0.1, -0.05) is 0 Å². The first-order valence-electron chi connectivity index (χ1n) is 15.9. The van der Waals surface area contributed by atoms with E-state index in [0.717, 1.165) is 35.9 Å². The maximum absolute atomic E-state index is 8.58. The van der Waals surface area contributed by atoms with E-state index in [2.05, 4.69) is 226 Å². The molecule has 0 unspecified atom stereocenters. The third kappa shape index (κ3) is 2460000. The Balaban J connectivity index is -0.0000000444. The number of nitrogens with zero attached hydrogens (tertiary/aromatic N) is 8. The van der Waals surface area contributed by atoms with E-state index >= 15 is 0 Å². The minimum Gasteiger partial charge on any atom is -0.894 e. The van der Waals surface area contributed by atoms with Crippen LogP contribution in [0.25, 0.3) is 0 Å². The highest BCUT2D eigenvalue weighted by atomic mass is 28.4. The van der Waals surface area contributed by atoms with Gasteiger partial charge in [0, 0.05) is 0 Å². The second-order valence-corrected chi connectivity index (χ2v) is 24.5. The lowest BCUT2D eigenvalue weighted by Gasteiger charge is -2.67. The van der Waals surface area contributed by atoms with Crippen LogP contribution in [0.4, 0.5) is 0 Å². The summed E-state index contributed by atoms with van der Waals surface area (Å²) in [4.78, 5) is 68.6. The Morgan fingerprint density at radius 1 is 0.160 bits per heavy atom. The number of quaternary nitrogens is 8. The molecule has 0 fully saturated rings. The zero-order valence-electron chi connectivity index (χ0n) is 39.8. The van der Waals surface area contributed by atoms with Crippen LogP contribution >= 0.6 is 0 Å². The molecule has 0 aromatic rings. The van der Waals surface area contributed by atoms with Gasteiger partial charge in [-0.25, -0.2) is 0 Å². The first-order chi connectivity index (χ1) is 20.0. The summed E-state index contributed by atoms with van der Waals surface area (Å²) in [5, 5.41) is 0. The zero-order chi connectivity index (χ0) is 45.0. The summed E-state index contributed by atoms with van der Waals surface area (Å²) in [6.07, 6.45) is 0. The Labute approximate surface area is 317 Å². The number of hydrogen-bond acceptors (Lipinski definition) is 8. The van der Waals surface area contributed by atoms with Crippen molar-refractivity contribution in [2.24, 2.45) is 0 Å². The molecule has 0 aromatic carbocycles. The SMILES string of the molecule is C[N+](C)(C)C.C[N+](C)(C)C.C[N+](C)(C)C.C[N+](C)(C)C.C[N+](C)(C)C.C[N+](C)(C)C.C[N+](C)(C)C.C[N+](C)(C)C.[O-][Si]([O-])([O-])[O-].[O-][Si]([O-])([O-])[O-]. The molecule has 50 heavy (non-hydrogen) atoms. The Bertz CT molecular complexity index is 427. The smallest absolute Gasteiger partial charge is 0.0675 e. The lowest BCUT2D eigenvalue weighted by Crippen LogP contribution is -2.82. The van der Waals surface area contributed by atoms with Gasteiger partial charge in [0.25, 0.3) is 0 Å². The van der Waals surface area contributed by atoms with Crippen LogP contribution in [0.2, 0.25) is 0 Å². The van der Waals surface area contributed by atoms with E-state index in [4.69, 9.17) is 38.4 Å². The van der Waals surface area contributed by atoms with Gasteiger partial charge < -0.3 is 92.3 Å². The Morgan fingerprint density at radius 3 is 0.160 bits per heavy atom. The first kappa shape index (κ1) is 74.9. The van der Waals surface area contributed by atoms with Crippen molar-refractivity contribution in [3.63, 3.8) is 0 Å². The van der Waals surface area contributed by atoms with Crippen LogP contribution in [0, 0.1) is 0 Å². The van der Waals surface area contributed by atoms with Crippen LogP contribution in [0.15, 0.2) is 0 Å². The van der Waals surface area contributed by atoms with Gasteiger partial charge in [0.1, 0.15) is 0 Å². The molecular weight excluding hydrogens is 681 g/mol. The Morgan fingerprint density at radius 2 is 0.160 bits per heavy atom. The maximum atomic E-state index is 8.58. The first-order valence-corrected chi connectivity index (χ1v) is 19.2. The third-order valence-electron chi connectivity index (χ3n) is 0. The van der Waals surface area contributed by atoms with Gasteiger partial charge in [0.05, 0.1) is 226 Å². The molecule has 0 amide bonds. The summed E-state index contributed by atoms with van der Waals surface area (Å²) in [7, 11) is 56.8. The monoisotopic (exact) mass is 777 g/mol. The average Bonchev–Trinajstić information content (AvgIpc) is 2.34. The molecule has 0 atom stereocenters. The van der Waals surface area contributed by atoms with E-state index in [9.17, 15) is 0 Å². The van der Waals surface area contributed by atoms with Crippen molar-refractivity contribution >= 4 is 18.1 Å². The highest BCUT2D eigenvalue weighted by molar-refractivity contribution is 6.38. The fourth-order valence-electron chi connectivity index (χ4n) is 0. The quantitative estimate of drug-likeness (QED) is 0.172. The van der Waals surface area contributed by atoms with Gasteiger partial charge in [0.15, 0.2) is 0 Å². The second kappa shape index (κ2) is 31.2. The molecule has 0 N–H and O–H groups in total. The normalized spacial score (nSPS) is 12.0. The van der Waals surface area contributed by atoms with Crippen molar-refractivity contribution in [1.29, 1.82) is 0 Å². The van der Waals surface area contributed by atoms with E-state index in [0.29, 0.717) is 0 Å². The van der Waals surface area contributed by atoms with E-state index < -0.39 is 18.1 Å². The van der Waals surface area contributed by atoms with Gasteiger partial charge in [-0.2, -0.15) is 0 Å². The molecule has 0 aliphatic rings. The minimum atomic E-state index is -5.61. The highest BCUT2D eigenvalue weighted by Crippen LogP contribution is 1.76. The third-order valence-corrected chi connectivity index (χ3v) is 0. The zero-order valence-corrected chi connectivity index (χ0v) is 41.8. The molecule has 16 nitrogen and oxygen atoms in total. The molecule has 0 bridgehead atoms. The Kier molecular flexibility index (Phi) is 46.7. The molecule has 320 valence electrons.